The summed E-state index contributed by atoms with van der Waals surface area (Å²) in [6.07, 6.45) is -4.46. The fraction of sp³-hybridized carbons (Fsp3) is 0.278. The van der Waals surface area contributed by atoms with Crippen LogP contribution in [0.4, 0.5) is 23.7 Å². The number of nitrogens with zero attached hydrogens (tertiary/aromatic N) is 1. The van der Waals surface area contributed by atoms with Gasteiger partial charge in [-0.3, -0.25) is 0 Å². The number of anilines is 1. The van der Waals surface area contributed by atoms with Gasteiger partial charge in [-0.2, -0.15) is 13.2 Å². The van der Waals surface area contributed by atoms with Crippen LogP contribution in [0, 0.1) is 0 Å². The van der Waals surface area contributed by atoms with Crippen molar-refractivity contribution in [1.82, 2.24) is 4.90 Å². The third-order valence-electron chi connectivity index (χ3n) is 4.43. The Morgan fingerprint density at radius 1 is 1.07 bits per heavy atom. The molecular formula is C18H17F3N2O4S. The topological polar surface area (TPSA) is 75.7 Å². The Balaban J connectivity index is 1.58. The highest BCUT2D eigenvalue weighted by Gasteiger charge is 2.40. The van der Waals surface area contributed by atoms with Crippen molar-refractivity contribution in [2.75, 3.05) is 25.5 Å². The molecule has 0 aliphatic carbocycles. The van der Waals surface area contributed by atoms with E-state index in [4.69, 9.17) is 4.74 Å². The maximum Gasteiger partial charge on any atom is 0.416 e. The standard InChI is InChI=1S/C18H17F3N2O4S/c1-27-14-6-8-15(9-7-14)28(25,26)16-10-23(11-16)17(24)22-13-4-2-12(3-5-13)18(19,20)21/h2-9,16H,10-11H2,1H3,(H,22,24). The molecular weight excluding hydrogens is 397 g/mol. The minimum atomic E-state index is -4.46. The Morgan fingerprint density at radius 3 is 2.14 bits per heavy atom. The minimum Gasteiger partial charge on any atom is -0.497 e. The number of likely N-dealkylation sites (tertiary alicyclic amines) is 1. The van der Waals surface area contributed by atoms with Gasteiger partial charge in [0.25, 0.3) is 0 Å². The van der Waals surface area contributed by atoms with Crippen molar-refractivity contribution in [3.05, 3.63) is 54.1 Å². The zero-order chi connectivity index (χ0) is 20.5. The Bertz CT molecular complexity index is 952. The molecule has 0 aromatic heterocycles. The van der Waals surface area contributed by atoms with E-state index in [0.29, 0.717) is 5.75 Å². The Labute approximate surface area is 159 Å². The molecule has 0 bridgehead atoms. The molecule has 0 radical (unpaired) electrons. The smallest absolute Gasteiger partial charge is 0.416 e. The number of hydrogen-bond acceptors (Lipinski definition) is 4. The van der Waals surface area contributed by atoms with Gasteiger partial charge in [0.1, 0.15) is 11.0 Å². The van der Waals surface area contributed by atoms with E-state index in [-0.39, 0.29) is 23.7 Å². The van der Waals surface area contributed by atoms with E-state index in [1.807, 2.05) is 0 Å². The van der Waals surface area contributed by atoms with E-state index >= 15 is 0 Å². The van der Waals surface area contributed by atoms with Crippen LogP contribution in [0.15, 0.2) is 53.4 Å². The summed E-state index contributed by atoms with van der Waals surface area (Å²) in [6, 6.07) is 9.42. The normalized spacial score (nSPS) is 15.1. The molecule has 1 fully saturated rings. The molecule has 10 heteroatoms. The molecule has 0 spiro atoms. The molecule has 1 N–H and O–H groups in total. The number of carbonyl (C=O) groups excluding carboxylic acids is 1. The molecule has 2 amide bonds. The van der Waals surface area contributed by atoms with Gasteiger partial charge in [-0.05, 0) is 48.5 Å². The fourth-order valence-electron chi connectivity index (χ4n) is 2.70. The highest BCUT2D eigenvalue weighted by molar-refractivity contribution is 7.92. The number of rotatable bonds is 4. The number of carbonyl (C=O) groups is 1. The maximum atomic E-state index is 12.6. The zero-order valence-corrected chi connectivity index (χ0v) is 15.5. The van der Waals surface area contributed by atoms with Crippen LogP contribution < -0.4 is 10.1 Å². The second-order valence-electron chi connectivity index (χ2n) is 6.25. The average Bonchev–Trinajstić information content (AvgIpc) is 2.60. The van der Waals surface area contributed by atoms with Gasteiger partial charge in [0.15, 0.2) is 9.84 Å². The van der Waals surface area contributed by atoms with Crippen LogP contribution in [0.3, 0.4) is 0 Å². The first-order valence-electron chi connectivity index (χ1n) is 8.22. The highest BCUT2D eigenvalue weighted by atomic mass is 32.2. The largest absolute Gasteiger partial charge is 0.497 e. The molecule has 1 aliphatic rings. The zero-order valence-electron chi connectivity index (χ0n) is 14.7. The van der Waals surface area contributed by atoms with Crippen molar-refractivity contribution in [3.63, 3.8) is 0 Å². The summed E-state index contributed by atoms with van der Waals surface area (Å²) in [4.78, 5) is 13.6. The van der Waals surface area contributed by atoms with Crippen LogP contribution in [0.2, 0.25) is 0 Å². The first-order valence-corrected chi connectivity index (χ1v) is 9.77. The van der Waals surface area contributed by atoms with Gasteiger partial charge < -0.3 is 15.0 Å². The van der Waals surface area contributed by atoms with Crippen molar-refractivity contribution in [3.8, 4) is 5.75 Å². The molecule has 1 heterocycles. The van der Waals surface area contributed by atoms with E-state index < -0.39 is 32.9 Å². The van der Waals surface area contributed by atoms with E-state index in [2.05, 4.69) is 5.32 Å². The van der Waals surface area contributed by atoms with Crippen molar-refractivity contribution in [2.24, 2.45) is 0 Å². The molecule has 0 unspecified atom stereocenters. The molecule has 2 aromatic rings. The van der Waals surface area contributed by atoms with Gasteiger partial charge in [-0.25, -0.2) is 13.2 Å². The second-order valence-corrected chi connectivity index (χ2v) is 8.48. The van der Waals surface area contributed by atoms with Gasteiger partial charge >= 0.3 is 12.2 Å². The summed E-state index contributed by atoms with van der Waals surface area (Å²) < 4.78 is 67.8. The first-order chi connectivity index (χ1) is 13.1. The van der Waals surface area contributed by atoms with E-state index in [1.54, 1.807) is 12.1 Å². The summed E-state index contributed by atoms with van der Waals surface area (Å²) in [5.74, 6) is 0.533. The molecule has 0 saturated carbocycles. The monoisotopic (exact) mass is 414 g/mol. The van der Waals surface area contributed by atoms with Crippen LogP contribution >= 0.6 is 0 Å². The number of benzene rings is 2. The summed E-state index contributed by atoms with van der Waals surface area (Å²) in [5.41, 5.74) is -0.625. The number of nitrogens with one attached hydrogen (secondary N) is 1. The summed E-state index contributed by atoms with van der Waals surface area (Å²) in [5, 5.41) is 1.72. The average molecular weight is 414 g/mol. The molecule has 150 valence electrons. The van der Waals surface area contributed by atoms with Gasteiger partial charge in [0, 0.05) is 18.8 Å². The first kappa shape index (κ1) is 20.0. The maximum absolute atomic E-state index is 12.6. The number of urea groups is 1. The van der Waals surface area contributed by atoms with Crippen LogP contribution in [0.25, 0.3) is 0 Å². The highest BCUT2D eigenvalue weighted by Crippen LogP contribution is 2.30. The fourth-order valence-corrected chi connectivity index (χ4v) is 4.36. The molecule has 6 nitrogen and oxygen atoms in total. The second kappa shape index (κ2) is 7.34. The predicted molar refractivity (Wildman–Crippen MR) is 96.0 cm³/mol. The number of amides is 2. The quantitative estimate of drug-likeness (QED) is 0.832. The van der Waals surface area contributed by atoms with Gasteiger partial charge in [0.05, 0.1) is 17.6 Å². The third kappa shape index (κ3) is 4.06. The van der Waals surface area contributed by atoms with Gasteiger partial charge in [-0.15, -0.1) is 0 Å². The number of hydrogen-bond donors (Lipinski definition) is 1. The van der Waals surface area contributed by atoms with Crippen LogP contribution in [-0.2, 0) is 16.0 Å². The number of ether oxygens (including phenoxy) is 1. The van der Waals surface area contributed by atoms with Crippen molar-refractivity contribution >= 4 is 21.6 Å². The summed E-state index contributed by atoms with van der Waals surface area (Å²) >= 11 is 0. The SMILES string of the molecule is COc1ccc(S(=O)(=O)C2CN(C(=O)Nc3ccc(C(F)(F)F)cc3)C2)cc1. The van der Waals surface area contributed by atoms with Crippen molar-refractivity contribution < 1.29 is 31.1 Å². The van der Waals surface area contributed by atoms with Crippen LogP contribution in [-0.4, -0.2) is 44.8 Å². The van der Waals surface area contributed by atoms with Gasteiger partial charge in [-0.1, -0.05) is 0 Å². The van der Waals surface area contributed by atoms with Crippen molar-refractivity contribution in [1.29, 1.82) is 0 Å². The summed E-state index contributed by atoms with van der Waals surface area (Å²) in [6.45, 7) is 0.00165. The Hall–Kier alpha value is -2.75. The molecule has 0 atom stereocenters. The van der Waals surface area contributed by atoms with Gasteiger partial charge in [0.2, 0.25) is 0 Å². The lowest BCUT2D eigenvalue weighted by Crippen LogP contribution is -2.58. The summed E-state index contributed by atoms with van der Waals surface area (Å²) in [7, 11) is -2.12. The number of alkyl halides is 3. The molecule has 3 rings (SSSR count). The minimum absolute atomic E-state index is 0.000824. The predicted octanol–water partition coefficient (Wildman–Crippen LogP) is 3.40. The number of halogens is 3. The third-order valence-corrected chi connectivity index (χ3v) is 6.53. The van der Waals surface area contributed by atoms with E-state index in [0.717, 1.165) is 24.3 Å². The Morgan fingerprint density at radius 2 is 1.64 bits per heavy atom. The molecule has 28 heavy (non-hydrogen) atoms. The molecule has 1 saturated heterocycles. The lowest BCUT2D eigenvalue weighted by Gasteiger charge is -2.38. The van der Waals surface area contributed by atoms with Crippen LogP contribution in [0.5, 0.6) is 5.75 Å². The molecule has 1 aliphatic heterocycles. The molecule has 2 aromatic carbocycles. The Kier molecular flexibility index (Phi) is 5.24. The lowest BCUT2D eigenvalue weighted by molar-refractivity contribution is -0.137. The lowest BCUT2D eigenvalue weighted by atomic mass is 10.2. The van der Waals surface area contributed by atoms with E-state index in [9.17, 15) is 26.4 Å². The van der Waals surface area contributed by atoms with E-state index in [1.165, 1.54) is 24.1 Å². The van der Waals surface area contributed by atoms with Crippen molar-refractivity contribution in [2.45, 2.75) is 16.3 Å². The number of methoxy groups -OCH3 is 1. The van der Waals surface area contributed by atoms with Crippen LogP contribution in [0.1, 0.15) is 5.56 Å². The number of sulfone groups is 1.